The van der Waals surface area contributed by atoms with Crippen molar-refractivity contribution in [2.75, 3.05) is 0 Å². The van der Waals surface area contributed by atoms with Crippen molar-refractivity contribution in [3.63, 3.8) is 0 Å². The summed E-state index contributed by atoms with van der Waals surface area (Å²) in [5.41, 5.74) is -0.548. The summed E-state index contributed by atoms with van der Waals surface area (Å²) in [6.45, 7) is 8.37. The van der Waals surface area contributed by atoms with Gasteiger partial charge in [-0.15, -0.1) is 0 Å². The van der Waals surface area contributed by atoms with Crippen LogP contribution >= 0.6 is 0 Å². The number of allylic oxidation sites excluding steroid dienone is 4. The molecule has 0 aromatic rings. The molecule has 5 aliphatic rings. The number of aliphatic hydroxyl groups excluding tert-OH is 1. The Morgan fingerprint density at radius 3 is 2.77 bits per heavy atom. The third-order valence-corrected chi connectivity index (χ3v) is 9.55. The molecule has 0 radical (unpaired) electrons. The lowest BCUT2D eigenvalue weighted by atomic mass is 9.46. The first-order valence-electron chi connectivity index (χ1n) is 12.2. The first kappa shape index (κ1) is 21.5. The zero-order chi connectivity index (χ0) is 22.2. The molecular weight excluding hydrogens is 392 g/mol. The van der Waals surface area contributed by atoms with Crippen molar-refractivity contribution in [1.29, 1.82) is 0 Å². The first-order valence-corrected chi connectivity index (χ1v) is 12.2. The van der Waals surface area contributed by atoms with Crippen molar-refractivity contribution in [3.8, 4) is 0 Å². The summed E-state index contributed by atoms with van der Waals surface area (Å²) in [5.74, 6) is 0.755. The number of rotatable bonds is 4. The van der Waals surface area contributed by atoms with Gasteiger partial charge in [0, 0.05) is 23.2 Å². The molecule has 5 nitrogen and oxygen atoms in total. The number of carbonyl (C=O) groups is 2. The number of carbonyl (C=O) groups excluding carboxylic acids is 2. The van der Waals surface area contributed by atoms with E-state index in [2.05, 4.69) is 20.8 Å². The van der Waals surface area contributed by atoms with Gasteiger partial charge in [0.1, 0.15) is 0 Å². The smallest absolute Gasteiger partial charge is 0.178 e. The fourth-order valence-electron chi connectivity index (χ4n) is 8.27. The highest BCUT2D eigenvalue weighted by Crippen LogP contribution is 2.69. The number of aliphatic hydroxyl groups is 1. The van der Waals surface area contributed by atoms with E-state index in [1.807, 2.05) is 13.0 Å². The van der Waals surface area contributed by atoms with E-state index in [-0.39, 0.29) is 47.1 Å². The summed E-state index contributed by atoms with van der Waals surface area (Å²) in [4.78, 5) is 25.5. The normalized spacial score (nSPS) is 50.4. The van der Waals surface area contributed by atoms with Gasteiger partial charge < -0.3 is 14.6 Å². The van der Waals surface area contributed by atoms with Gasteiger partial charge in [0.05, 0.1) is 12.2 Å². The van der Waals surface area contributed by atoms with Gasteiger partial charge in [-0.05, 0) is 56.1 Å². The van der Waals surface area contributed by atoms with Crippen molar-refractivity contribution in [3.05, 3.63) is 23.8 Å². The van der Waals surface area contributed by atoms with Crippen LogP contribution in [0.4, 0.5) is 0 Å². The molecule has 9 atom stereocenters. The molecule has 4 fully saturated rings. The van der Waals surface area contributed by atoms with Crippen molar-refractivity contribution in [1.82, 2.24) is 0 Å². The maximum Gasteiger partial charge on any atom is 0.178 e. The fourth-order valence-corrected chi connectivity index (χ4v) is 8.27. The van der Waals surface area contributed by atoms with Crippen molar-refractivity contribution in [2.45, 2.75) is 96.7 Å². The maximum absolute atomic E-state index is 13.5. The predicted octanol–water partition coefficient (Wildman–Crippen LogP) is 4.13. The Balaban J connectivity index is 1.55. The van der Waals surface area contributed by atoms with Crippen LogP contribution in [-0.2, 0) is 19.1 Å². The van der Waals surface area contributed by atoms with Crippen LogP contribution in [0.2, 0.25) is 0 Å². The highest BCUT2D eigenvalue weighted by molar-refractivity contribution is 6.01. The molecule has 5 rings (SSSR count). The van der Waals surface area contributed by atoms with Gasteiger partial charge in [-0.25, -0.2) is 0 Å². The fraction of sp³-hybridized carbons (Fsp3) is 0.769. The second-order valence-corrected chi connectivity index (χ2v) is 10.9. The number of ether oxygens (including phenoxy) is 2. The molecule has 5 heteroatoms. The lowest BCUT2D eigenvalue weighted by Gasteiger charge is -2.59. The van der Waals surface area contributed by atoms with E-state index >= 15 is 0 Å². The summed E-state index contributed by atoms with van der Waals surface area (Å²) in [7, 11) is 0. The Morgan fingerprint density at radius 1 is 1.29 bits per heavy atom. The van der Waals surface area contributed by atoms with Gasteiger partial charge >= 0.3 is 0 Å². The summed E-state index contributed by atoms with van der Waals surface area (Å²) < 4.78 is 12.9. The molecule has 1 heterocycles. The van der Waals surface area contributed by atoms with Gasteiger partial charge in [0.2, 0.25) is 0 Å². The van der Waals surface area contributed by atoms with Crippen molar-refractivity contribution < 1.29 is 24.2 Å². The van der Waals surface area contributed by atoms with E-state index in [0.717, 1.165) is 37.7 Å². The van der Waals surface area contributed by atoms with E-state index in [4.69, 9.17) is 9.47 Å². The molecule has 31 heavy (non-hydrogen) atoms. The van der Waals surface area contributed by atoms with Gasteiger partial charge in [-0.3, -0.25) is 9.59 Å². The molecule has 1 aliphatic heterocycles. The average Bonchev–Trinajstić information content (AvgIpc) is 3.20. The summed E-state index contributed by atoms with van der Waals surface area (Å²) >= 11 is 0. The van der Waals surface area contributed by atoms with Crippen LogP contribution in [0.25, 0.3) is 0 Å². The third kappa shape index (κ3) is 2.66. The van der Waals surface area contributed by atoms with Gasteiger partial charge in [0.25, 0.3) is 0 Å². The molecule has 1 saturated heterocycles. The monoisotopic (exact) mass is 428 g/mol. The Labute approximate surface area is 185 Å². The van der Waals surface area contributed by atoms with E-state index in [1.165, 1.54) is 0 Å². The second kappa shape index (κ2) is 7.10. The van der Waals surface area contributed by atoms with Crippen LogP contribution in [0.15, 0.2) is 23.8 Å². The lowest BCUT2D eigenvalue weighted by molar-refractivity contribution is -0.199. The molecule has 0 spiro atoms. The third-order valence-electron chi connectivity index (χ3n) is 9.55. The molecule has 0 bridgehead atoms. The second-order valence-electron chi connectivity index (χ2n) is 10.9. The Morgan fingerprint density at radius 2 is 2.06 bits per heavy atom. The number of fused-ring (bicyclic) bond motifs is 7. The molecule has 0 aromatic carbocycles. The molecule has 4 aliphatic carbocycles. The number of hydrogen-bond donors (Lipinski definition) is 1. The van der Waals surface area contributed by atoms with Gasteiger partial charge in [-0.2, -0.15) is 0 Å². The first-order chi connectivity index (χ1) is 14.7. The number of hydrogen-bond acceptors (Lipinski definition) is 5. The molecule has 0 amide bonds. The Hall–Kier alpha value is -1.30. The average molecular weight is 429 g/mol. The van der Waals surface area contributed by atoms with E-state index < -0.39 is 17.1 Å². The van der Waals surface area contributed by atoms with Crippen molar-refractivity contribution in [2.24, 2.45) is 28.6 Å². The number of Topliss-reactive ketones (excluding diaryl/α,β-unsaturated/α-hetero) is 1. The summed E-state index contributed by atoms with van der Waals surface area (Å²) in [5, 5.41) is 11.6. The van der Waals surface area contributed by atoms with Crippen LogP contribution in [0, 0.1) is 28.6 Å². The molecular formula is C26H36O5. The maximum atomic E-state index is 13.5. The molecule has 170 valence electrons. The predicted molar refractivity (Wildman–Crippen MR) is 116 cm³/mol. The van der Waals surface area contributed by atoms with Gasteiger partial charge in [-0.1, -0.05) is 45.8 Å². The Bertz CT molecular complexity index is 860. The zero-order valence-corrected chi connectivity index (χ0v) is 19.2. The minimum atomic E-state index is -0.951. The van der Waals surface area contributed by atoms with Crippen LogP contribution in [0.1, 0.15) is 72.6 Å². The topological polar surface area (TPSA) is 72.8 Å². The highest BCUT2D eigenvalue weighted by Gasteiger charge is 2.75. The van der Waals surface area contributed by atoms with Crippen LogP contribution in [0.5, 0.6) is 0 Å². The van der Waals surface area contributed by atoms with Crippen molar-refractivity contribution >= 4 is 11.6 Å². The highest BCUT2D eigenvalue weighted by atomic mass is 16.7. The Kier molecular flexibility index (Phi) is 4.93. The van der Waals surface area contributed by atoms with E-state index in [0.29, 0.717) is 12.8 Å². The molecule has 0 aromatic heterocycles. The summed E-state index contributed by atoms with van der Waals surface area (Å²) in [6, 6.07) is 0. The van der Waals surface area contributed by atoms with Gasteiger partial charge in [0.15, 0.2) is 23.5 Å². The minimum Gasteiger partial charge on any atom is -0.393 e. The SMILES string of the molecule is CCCC1O[C@@H]2C[C@H]3[C@@H]4CCC5=CC(=O)C=C[C@]5(C)[C@H]4[C@@H](O)C[C@]3(C)[C@]2(C(=O)CC)O1. The van der Waals surface area contributed by atoms with E-state index in [9.17, 15) is 14.7 Å². The largest absolute Gasteiger partial charge is 0.393 e. The number of ketones is 2. The zero-order valence-electron chi connectivity index (χ0n) is 19.2. The molecule has 1 N–H and O–H groups in total. The lowest BCUT2D eigenvalue weighted by Crippen LogP contribution is -2.63. The molecule has 1 unspecified atom stereocenters. The van der Waals surface area contributed by atoms with Crippen LogP contribution < -0.4 is 0 Å². The minimum absolute atomic E-state index is 0.0488. The molecule has 3 saturated carbocycles. The standard InChI is InChI=1S/C26H36O5/c1-5-7-22-30-21-13-18-17-9-8-15-12-16(27)10-11-24(15,3)23(17)19(28)14-25(18,4)26(21,31-22)20(29)6-2/h10-12,17-19,21-23,28H,5-9,13-14H2,1-4H3/t17-,18-,19-,21+,22?,23+,24-,25-,26+/m0/s1. The van der Waals surface area contributed by atoms with E-state index in [1.54, 1.807) is 12.2 Å². The summed E-state index contributed by atoms with van der Waals surface area (Å²) in [6.07, 6.45) is 9.67. The quantitative estimate of drug-likeness (QED) is 0.729. The van der Waals surface area contributed by atoms with Crippen LogP contribution in [-0.4, -0.2) is 40.8 Å². The van der Waals surface area contributed by atoms with Crippen LogP contribution in [0.3, 0.4) is 0 Å².